The van der Waals surface area contributed by atoms with Gasteiger partial charge >= 0.3 is 0 Å². The monoisotopic (exact) mass is 485 g/mol. The second kappa shape index (κ2) is 11.5. The average molecular weight is 487 g/mol. The van der Waals surface area contributed by atoms with Gasteiger partial charge in [-0.1, -0.05) is 20.8 Å². The smallest absolute Gasteiger partial charge is 0.124 e. The van der Waals surface area contributed by atoms with E-state index in [1.165, 1.54) is 0 Å². The molecule has 0 aliphatic carbocycles. The summed E-state index contributed by atoms with van der Waals surface area (Å²) in [6.07, 6.45) is 4.99. The number of rotatable bonds is 6. The Morgan fingerprint density at radius 3 is 2.81 bits per heavy atom. The second-order valence-corrected chi connectivity index (χ2v) is 9.00. The lowest BCUT2D eigenvalue weighted by Crippen LogP contribution is -2.54. The molecule has 2 aliphatic heterocycles. The van der Waals surface area contributed by atoms with Crippen molar-refractivity contribution in [3.63, 3.8) is 0 Å². The molecule has 2 aliphatic rings. The van der Waals surface area contributed by atoms with Crippen LogP contribution in [-0.4, -0.2) is 65.7 Å². The molecule has 9 heteroatoms. The van der Waals surface area contributed by atoms with E-state index in [0.717, 1.165) is 71.2 Å². The number of anilines is 1. The Hall–Kier alpha value is -1.38. The van der Waals surface area contributed by atoms with Crippen LogP contribution in [0.25, 0.3) is 11.9 Å². The van der Waals surface area contributed by atoms with Crippen LogP contribution < -0.4 is 15.9 Å². The molecule has 1 saturated heterocycles. The van der Waals surface area contributed by atoms with E-state index in [1.54, 1.807) is 18.4 Å². The minimum absolute atomic E-state index is 0. The molecule has 4 heterocycles. The van der Waals surface area contributed by atoms with Crippen molar-refractivity contribution in [2.24, 2.45) is 0 Å². The number of fused-ring (bicyclic) bond motifs is 2. The summed E-state index contributed by atoms with van der Waals surface area (Å²) in [6, 6.07) is 4.59. The van der Waals surface area contributed by atoms with Crippen molar-refractivity contribution in [2.45, 2.75) is 39.2 Å². The molecule has 0 aromatic carbocycles. The Kier molecular flexibility index (Phi) is 9.58. The number of nitrogens with zero attached hydrogens (tertiary/aromatic N) is 4. The fourth-order valence-corrected chi connectivity index (χ4v) is 5.11. The molecule has 31 heavy (non-hydrogen) atoms. The van der Waals surface area contributed by atoms with Crippen LogP contribution in [0.3, 0.4) is 0 Å². The lowest BCUT2D eigenvalue weighted by molar-refractivity contribution is 0.0806. The minimum atomic E-state index is 0. The zero-order valence-electron chi connectivity index (χ0n) is 18.6. The maximum atomic E-state index is 5.39. The van der Waals surface area contributed by atoms with Gasteiger partial charge in [-0.05, 0) is 25.1 Å². The quantitative estimate of drug-likeness (QED) is 0.678. The third-order valence-corrected chi connectivity index (χ3v) is 7.05. The van der Waals surface area contributed by atoms with E-state index < -0.39 is 0 Å². The van der Waals surface area contributed by atoms with Gasteiger partial charge in [-0.2, -0.15) is 0 Å². The van der Waals surface area contributed by atoms with Crippen LogP contribution in [0.1, 0.15) is 43.8 Å². The van der Waals surface area contributed by atoms with Crippen molar-refractivity contribution in [2.75, 3.05) is 45.2 Å². The minimum Gasteiger partial charge on any atom is -0.385 e. The topological polar surface area (TPSA) is 53.5 Å². The van der Waals surface area contributed by atoms with Gasteiger partial charge in [0.25, 0.3) is 0 Å². The molecule has 1 fully saturated rings. The Labute approximate surface area is 201 Å². The normalized spacial score (nSPS) is 18.2. The SMILES string of the molecule is CCN1CCN(C2=c3ncccc3=CNc3sc(C(C)C)nc32)CC1CCOC.Cl.Cl. The predicted molar refractivity (Wildman–Crippen MR) is 134 cm³/mol. The summed E-state index contributed by atoms with van der Waals surface area (Å²) >= 11 is 1.76. The molecular weight excluding hydrogens is 453 g/mol. The predicted octanol–water partition coefficient (Wildman–Crippen LogP) is 2.87. The summed E-state index contributed by atoms with van der Waals surface area (Å²) in [5.74, 6) is 0.407. The van der Waals surface area contributed by atoms with Gasteiger partial charge in [-0.3, -0.25) is 9.88 Å². The van der Waals surface area contributed by atoms with Crippen LogP contribution in [0.15, 0.2) is 18.3 Å². The second-order valence-electron chi connectivity index (χ2n) is 7.97. The lowest BCUT2D eigenvalue weighted by Gasteiger charge is -2.42. The maximum Gasteiger partial charge on any atom is 0.124 e. The van der Waals surface area contributed by atoms with Crippen molar-refractivity contribution in [1.82, 2.24) is 19.8 Å². The van der Waals surface area contributed by atoms with Gasteiger partial charge in [-0.15, -0.1) is 36.2 Å². The number of thiazole rings is 1. The van der Waals surface area contributed by atoms with E-state index in [-0.39, 0.29) is 24.8 Å². The van der Waals surface area contributed by atoms with E-state index in [9.17, 15) is 0 Å². The summed E-state index contributed by atoms with van der Waals surface area (Å²) in [5.41, 5.74) is 2.21. The first-order chi connectivity index (χ1) is 14.1. The van der Waals surface area contributed by atoms with Gasteiger partial charge in [0.2, 0.25) is 0 Å². The van der Waals surface area contributed by atoms with Gasteiger partial charge in [0.15, 0.2) is 0 Å². The Bertz CT molecular complexity index is 981. The molecule has 2 aromatic rings. The van der Waals surface area contributed by atoms with Crippen molar-refractivity contribution >= 4 is 53.0 Å². The van der Waals surface area contributed by atoms with Crippen molar-refractivity contribution in [1.29, 1.82) is 0 Å². The number of halogens is 2. The third-order valence-electron chi connectivity index (χ3n) is 5.77. The number of nitrogens with one attached hydrogen (secondary N) is 1. The number of aromatic nitrogens is 2. The van der Waals surface area contributed by atoms with E-state index >= 15 is 0 Å². The first-order valence-corrected chi connectivity index (χ1v) is 11.3. The molecule has 0 amide bonds. The van der Waals surface area contributed by atoms with E-state index in [1.807, 2.05) is 12.3 Å². The Morgan fingerprint density at radius 1 is 1.29 bits per heavy atom. The summed E-state index contributed by atoms with van der Waals surface area (Å²) in [4.78, 5) is 14.9. The fourth-order valence-electron chi connectivity index (χ4n) is 4.17. The molecule has 1 atom stereocenters. The van der Waals surface area contributed by atoms with Crippen LogP contribution in [0.5, 0.6) is 0 Å². The van der Waals surface area contributed by atoms with Crippen molar-refractivity contribution in [3.05, 3.63) is 39.6 Å². The molecular formula is C22H33Cl2N5OS. The van der Waals surface area contributed by atoms with Gasteiger partial charge < -0.3 is 15.0 Å². The van der Waals surface area contributed by atoms with E-state index in [0.29, 0.717) is 12.0 Å². The Balaban J connectivity index is 0.00000171. The highest BCUT2D eigenvalue weighted by Gasteiger charge is 2.31. The molecule has 2 aromatic heterocycles. The van der Waals surface area contributed by atoms with Crippen LogP contribution in [-0.2, 0) is 4.74 Å². The molecule has 1 N–H and O–H groups in total. The summed E-state index contributed by atoms with van der Waals surface area (Å²) in [5, 5.41) is 7.92. The standard InChI is InChI=1S/C22H31N5OS.2ClH/c1-5-26-10-11-27(14-17(26)8-12-28-4)20-18-16(7-6-9-23-18)13-24-22-19(20)25-21(29-22)15(2)3;;/h6-7,9,13,15,17,24H,5,8,10-12,14H2,1-4H3;2*1H. The highest BCUT2D eigenvalue weighted by molar-refractivity contribution is 7.16. The molecule has 6 nitrogen and oxygen atoms in total. The average Bonchev–Trinajstić information content (AvgIpc) is 3.09. The molecule has 0 bridgehead atoms. The zero-order chi connectivity index (χ0) is 20.4. The number of piperazine rings is 1. The van der Waals surface area contributed by atoms with Crippen LogP contribution in [0, 0.1) is 0 Å². The lowest BCUT2D eigenvalue weighted by atomic mass is 10.1. The molecule has 0 spiro atoms. The van der Waals surface area contributed by atoms with E-state index in [4.69, 9.17) is 14.7 Å². The van der Waals surface area contributed by atoms with Crippen molar-refractivity contribution < 1.29 is 4.74 Å². The van der Waals surface area contributed by atoms with Gasteiger partial charge in [0.1, 0.15) is 10.7 Å². The molecule has 4 rings (SSSR count). The summed E-state index contributed by atoms with van der Waals surface area (Å²) in [7, 11) is 1.79. The number of pyridine rings is 1. The number of likely N-dealkylation sites (N-methyl/N-ethyl adjacent to an activating group) is 1. The first kappa shape index (κ1) is 25.9. The highest BCUT2D eigenvalue weighted by atomic mass is 35.5. The van der Waals surface area contributed by atoms with E-state index in [2.05, 4.69) is 48.2 Å². The van der Waals surface area contributed by atoms with Gasteiger partial charge in [0, 0.05) is 62.9 Å². The fraction of sp³-hybridized carbons (Fsp3) is 0.545. The molecule has 0 saturated carbocycles. The van der Waals surface area contributed by atoms with Gasteiger partial charge in [0.05, 0.1) is 16.1 Å². The maximum absolute atomic E-state index is 5.39. The summed E-state index contributed by atoms with van der Waals surface area (Å²) < 4.78 is 5.39. The largest absolute Gasteiger partial charge is 0.385 e. The molecule has 1 unspecified atom stereocenters. The number of ether oxygens (including phenoxy) is 1. The summed E-state index contributed by atoms with van der Waals surface area (Å²) in [6.45, 7) is 11.5. The van der Waals surface area contributed by atoms with Crippen molar-refractivity contribution in [3.8, 4) is 0 Å². The Morgan fingerprint density at radius 2 is 2.10 bits per heavy atom. The van der Waals surface area contributed by atoms with Crippen LogP contribution in [0.4, 0.5) is 5.00 Å². The number of hydrogen-bond donors (Lipinski definition) is 1. The van der Waals surface area contributed by atoms with Gasteiger partial charge in [-0.25, -0.2) is 4.98 Å². The molecule has 172 valence electrons. The van der Waals surface area contributed by atoms with Crippen LogP contribution >= 0.6 is 36.2 Å². The molecule has 0 radical (unpaired) electrons. The number of methoxy groups -OCH3 is 1. The zero-order valence-corrected chi connectivity index (χ0v) is 21.1. The third kappa shape index (κ3) is 5.34. The number of hydrogen-bond acceptors (Lipinski definition) is 7. The highest BCUT2D eigenvalue weighted by Crippen LogP contribution is 2.35. The van der Waals surface area contributed by atoms with Crippen LogP contribution in [0.2, 0.25) is 0 Å². The first-order valence-electron chi connectivity index (χ1n) is 10.5.